The first-order valence-electron chi connectivity index (χ1n) is 6.34. The van der Waals surface area contributed by atoms with Gasteiger partial charge in [0.25, 0.3) is 0 Å². The predicted molar refractivity (Wildman–Crippen MR) is 74.1 cm³/mol. The van der Waals surface area contributed by atoms with Gasteiger partial charge in [0.05, 0.1) is 19.0 Å². The van der Waals surface area contributed by atoms with Crippen molar-refractivity contribution in [2.75, 3.05) is 25.6 Å². The van der Waals surface area contributed by atoms with Crippen LogP contribution in [0.15, 0.2) is 12.3 Å². The zero-order valence-corrected chi connectivity index (χ0v) is 11.8. The highest BCUT2D eigenvalue weighted by atomic mass is 16.5. The van der Waals surface area contributed by atoms with E-state index in [4.69, 9.17) is 9.84 Å². The minimum Gasteiger partial charge on any atom is -0.493 e. The Bertz CT molecular complexity index is 378. The van der Waals surface area contributed by atoms with Crippen molar-refractivity contribution in [3.63, 3.8) is 0 Å². The van der Waals surface area contributed by atoms with Crippen LogP contribution in [0.5, 0.6) is 5.75 Å². The Balaban J connectivity index is 2.64. The van der Waals surface area contributed by atoms with Crippen LogP contribution in [0.1, 0.15) is 32.4 Å². The summed E-state index contributed by atoms with van der Waals surface area (Å²) < 4.78 is 5.28. The molecular weight excluding hydrogens is 228 g/mol. The maximum atomic E-state index is 8.88. The summed E-state index contributed by atoms with van der Waals surface area (Å²) in [6.45, 7) is 7.43. The lowest BCUT2D eigenvalue weighted by molar-refractivity contribution is 0.248. The van der Waals surface area contributed by atoms with Crippen LogP contribution in [-0.2, 0) is 0 Å². The molecule has 0 spiro atoms. The minimum absolute atomic E-state index is 0.144. The fraction of sp³-hybridized carbons (Fsp3) is 0.643. The quantitative estimate of drug-likeness (QED) is 0.783. The number of nitrogens with zero attached hydrogens (tertiary/aromatic N) is 1. The number of aromatic nitrogens is 1. The first kappa shape index (κ1) is 14.8. The summed E-state index contributed by atoms with van der Waals surface area (Å²) in [7, 11) is 1.65. The van der Waals surface area contributed by atoms with Crippen LogP contribution in [0.2, 0.25) is 0 Å². The molecule has 4 heteroatoms. The van der Waals surface area contributed by atoms with Gasteiger partial charge in [0.15, 0.2) is 5.75 Å². The van der Waals surface area contributed by atoms with E-state index >= 15 is 0 Å². The Morgan fingerprint density at radius 1 is 1.44 bits per heavy atom. The minimum atomic E-state index is 0.144. The van der Waals surface area contributed by atoms with Crippen molar-refractivity contribution in [1.82, 2.24) is 4.98 Å². The van der Waals surface area contributed by atoms with Gasteiger partial charge in [0.1, 0.15) is 0 Å². The summed E-state index contributed by atoms with van der Waals surface area (Å²) in [4.78, 5) is 4.21. The molecule has 0 amide bonds. The molecule has 0 aliphatic carbocycles. The molecule has 1 rings (SSSR count). The lowest BCUT2D eigenvalue weighted by Crippen LogP contribution is -2.23. The van der Waals surface area contributed by atoms with Crippen molar-refractivity contribution >= 4 is 5.69 Å². The Morgan fingerprint density at radius 2 is 2.17 bits per heavy atom. The smallest absolute Gasteiger partial charge is 0.160 e. The Labute approximate surface area is 109 Å². The van der Waals surface area contributed by atoms with Crippen LogP contribution in [0.25, 0.3) is 0 Å². The fourth-order valence-corrected chi connectivity index (χ4v) is 1.83. The second-order valence-corrected chi connectivity index (χ2v) is 5.37. The van der Waals surface area contributed by atoms with Gasteiger partial charge < -0.3 is 15.2 Å². The van der Waals surface area contributed by atoms with E-state index in [1.807, 2.05) is 13.0 Å². The summed E-state index contributed by atoms with van der Waals surface area (Å²) >= 11 is 0. The van der Waals surface area contributed by atoms with Crippen LogP contribution in [-0.4, -0.2) is 30.4 Å². The van der Waals surface area contributed by atoms with E-state index in [-0.39, 0.29) is 12.0 Å². The van der Waals surface area contributed by atoms with Crippen LogP contribution >= 0.6 is 0 Å². The third-order valence-corrected chi connectivity index (χ3v) is 2.99. The summed E-state index contributed by atoms with van der Waals surface area (Å²) in [6, 6.07) is 1.99. The molecule has 0 saturated heterocycles. The second kappa shape index (κ2) is 6.59. The number of methoxy groups -OCH3 is 1. The van der Waals surface area contributed by atoms with Crippen molar-refractivity contribution in [2.45, 2.75) is 33.6 Å². The number of rotatable bonds is 7. The van der Waals surface area contributed by atoms with Gasteiger partial charge in [-0.05, 0) is 31.2 Å². The highest BCUT2D eigenvalue weighted by molar-refractivity contribution is 5.56. The van der Waals surface area contributed by atoms with Gasteiger partial charge in [-0.15, -0.1) is 0 Å². The van der Waals surface area contributed by atoms with Crippen molar-refractivity contribution in [1.29, 1.82) is 0 Å². The van der Waals surface area contributed by atoms with Crippen molar-refractivity contribution in [3.8, 4) is 5.75 Å². The molecule has 0 unspecified atom stereocenters. The molecule has 0 fully saturated rings. The summed E-state index contributed by atoms with van der Waals surface area (Å²) in [5, 5.41) is 12.3. The molecule has 1 aromatic heterocycles. The van der Waals surface area contributed by atoms with Gasteiger partial charge in [0.2, 0.25) is 0 Å². The average Bonchev–Trinajstić information content (AvgIpc) is 2.34. The fourth-order valence-electron chi connectivity index (χ4n) is 1.83. The van der Waals surface area contributed by atoms with E-state index in [0.717, 1.165) is 36.5 Å². The molecule has 0 saturated carbocycles. The topological polar surface area (TPSA) is 54.4 Å². The van der Waals surface area contributed by atoms with Crippen LogP contribution < -0.4 is 10.1 Å². The molecule has 0 bridgehead atoms. The van der Waals surface area contributed by atoms with Crippen molar-refractivity contribution in [2.24, 2.45) is 5.41 Å². The van der Waals surface area contributed by atoms with Crippen LogP contribution in [0.4, 0.5) is 5.69 Å². The van der Waals surface area contributed by atoms with E-state index in [1.165, 1.54) is 0 Å². The number of aliphatic hydroxyl groups excluding tert-OH is 1. The largest absolute Gasteiger partial charge is 0.493 e. The Kier molecular flexibility index (Phi) is 5.41. The molecule has 4 nitrogen and oxygen atoms in total. The molecule has 1 aromatic rings. The van der Waals surface area contributed by atoms with Gasteiger partial charge in [-0.3, -0.25) is 4.98 Å². The Hall–Kier alpha value is -1.29. The third kappa shape index (κ3) is 4.53. The number of anilines is 1. The van der Waals surface area contributed by atoms with Gasteiger partial charge >= 0.3 is 0 Å². The van der Waals surface area contributed by atoms with E-state index in [1.54, 1.807) is 13.3 Å². The van der Waals surface area contributed by atoms with Crippen LogP contribution in [0, 0.1) is 12.3 Å². The monoisotopic (exact) mass is 252 g/mol. The Morgan fingerprint density at radius 3 is 2.78 bits per heavy atom. The van der Waals surface area contributed by atoms with Gasteiger partial charge in [-0.1, -0.05) is 13.8 Å². The molecular formula is C14H24N2O2. The molecule has 0 aliphatic heterocycles. The van der Waals surface area contributed by atoms with Crippen LogP contribution in [0.3, 0.4) is 0 Å². The zero-order valence-electron chi connectivity index (χ0n) is 11.8. The maximum absolute atomic E-state index is 8.88. The van der Waals surface area contributed by atoms with E-state index in [2.05, 4.69) is 24.1 Å². The molecule has 102 valence electrons. The molecule has 0 radical (unpaired) electrons. The number of hydrogen-bond donors (Lipinski definition) is 2. The number of ether oxygens (including phenoxy) is 1. The van der Waals surface area contributed by atoms with E-state index < -0.39 is 0 Å². The maximum Gasteiger partial charge on any atom is 0.160 e. The van der Waals surface area contributed by atoms with Crippen molar-refractivity contribution in [3.05, 3.63) is 18.0 Å². The molecule has 0 aromatic carbocycles. The molecule has 18 heavy (non-hydrogen) atoms. The normalized spacial score (nSPS) is 11.4. The molecule has 0 atom stereocenters. The van der Waals surface area contributed by atoms with Gasteiger partial charge in [-0.2, -0.15) is 0 Å². The highest BCUT2D eigenvalue weighted by Gasteiger charge is 2.17. The standard InChI is InChI=1S/C14H24N2O2/c1-11-8-12(13(18-4)9-15-11)16-10-14(2,3)6-5-7-17/h8-9,17H,5-7,10H2,1-4H3,(H,15,16). The average molecular weight is 252 g/mol. The SMILES string of the molecule is COc1cnc(C)cc1NCC(C)(C)CCCO. The zero-order chi connectivity index (χ0) is 13.6. The van der Waals surface area contributed by atoms with E-state index in [0.29, 0.717) is 0 Å². The number of pyridine rings is 1. The van der Waals surface area contributed by atoms with Gasteiger partial charge in [-0.25, -0.2) is 0 Å². The number of aliphatic hydroxyl groups is 1. The first-order valence-corrected chi connectivity index (χ1v) is 6.34. The lowest BCUT2D eigenvalue weighted by atomic mass is 9.88. The predicted octanol–water partition coefficient (Wildman–Crippen LogP) is 2.61. The summed E-state index contributed by atoms with van der Waals surface area (Å²) in [5.41, 5.74) is 2.08. The highest BCUT2D eigenvalue weighted by Crippen LogP contribution is 2.27. The first-order chi connectivity index (χ1) is 8.48. The summed E-state index contributed by atoms with van der Waals surface area (Å²) in [6.07, 6.45) is 3.56. The van der Waals surface area contributed by atoms with E-state index in [9.17, 15) is 0 Å². The molecule has 2 N–H and O–H groups in total. The van der Waals surface area contributed by atoms with Crippen molar-refractivity contribution < 1.29 is 9.84 Å². The second-order valence-electron chi connectivity index (χ2n) is 5.37. The molecule has 0 aliphatic rings. The van der Waals surface area contributed by atoms with Gasteiger partial charge in [0, 0.05) is 18.8 Å². The third-order valence-electron chi connectivity index (χ3n) is 2.99. The number of hydrogen-bond acceptors (Lipinski definition) is 4. The summed E-state index contributed by atoms with van der Waals surface area (Å²) in [5.74, 6) is 0.763. The number of aryl methyl sites for hydroxylation is 1. The lowest BCUT2D eigenvalue weighted by Gasteiger charge is -2.25. The number of nitrogens with one attached hydrogen (secondary N) is 1. The molecule has 1 heterocycles.